The van der Waals surface area contributed by atoms with Crippen LogP contribution < -0.4 is 10.9 Å². The van der Waals surface area contributed by atoms with E-state index in [-0.39, 0.29) is 5.41 Å². The van der Waals surface area contributed by atoms with Gasteiger partial charge in [-0.15, -0.1) is 0 Å². The fourth-order valence-corrected chi connectivity index (χ4v) is 2.23. The zero-order chi connectivity index (χ0) is 15.1. The number of rotatable bonds is 1. The van der Waals surface area contributed by atoms with Crippen LogP contribution in [0.1, 0.15) is 45.7 Å². The first-order valence-corrected chi connectivity index (χ1v) is 6.72. The Bertz CT molecular complexity index is 568. The second-order valence-electron chi connectivity index (χ2n) is 6.68. The van der Waals surface area contributed by atoms with Gasteiger partial charge in [-0.1, -0.05) is 32.1 Å². The van der Waals surface area contributed by atoms with Crippen molar-refractivity contribution in [3.05, 3.63) is 35.4 Å². The van der Waals surface area contributed by atoms with Crippen molar-refractivity contribution in [3.63, 3.8) is 0 Å². The van der Waals surface area contributed by atoms with Crippen LogP contribution in [0.3, 0.4) is 0 Å². The highest BCUT2D eigenvalue weighted by Gasteiger charge is 2.26. The van der Waals surface area contributed by atoms with Gasteiger partial charge in [0.25, 0.3) is 0 Å². The van der Waals surface area contributed by atoms with Crippen molar-refractivity contribution in [2.45, 2.75) is 45.6 Å². The van der Waals surface area contributed by atoms with E-state index in [1.807, 2.05) is 39.0 Å². The van der Waals surface area contributed by atoms with Crippen LogP contribution >= 0.6 is 0 Å². The van der Waals surface area contributed by atoms with Crippen LogP contribution in [0.5, 0.6) is 0 Å². The first kappa shape index (κ1) is 14.6. The Hall–Kier alpha value is -1.81. The molecule has 2 N–H and O–H groups in total. The SMILES string of the molecule is CC(C)(C)OC(=O)N(N)c1ccc2c(c1)C=CC2(C)C. The number of nitrogens with two attached hydrogens (primary N) is 1. The van der Waals surface area contributed by atoms with Crippen LogP contribution in [-0.4, -0.2) is 11.7 Å². The molecule has 0 atom stereocenters. The molecular weight excluding hydrogens is 252 g/mol. The Morgan fingerprint density at radius 2 is 1.95 bits per heavy atom. The minimum atomic E-state index is -0.562. The lowest BCUT2D eigenvalue weighted by atomic mass is 9.87. The van der Waals surface area contributed by atoms with Crippen LogP contribution in [0.15, 0.2) is 24.3 Å². The number of carbonyl (C=O) groups is 1. The number of fused-ring (bicyclic) bond motifs is 1. The molecule has 0 radical (unpaired) electrons. The molecule has 0 aromatic heterocycles. The minimum absolute atomic E-state index is 0.0270. The summed E-state index contributed by atoms with van der Waals surface area (Å²) in [7, 11) is 0. The van der Waals surface area contributed by atoms with E-state index in [4.69, 9.17) is 10.6 Å². The highest BCUT2D eigenvalue weighted by atomic mass is 16.6. The highest BCUT2D eigenvalue weighted by Crippen LogP contribution is 2.36. The van der Waals surface area contributed by atoms with Gasteiger partial charge in [-0.25, -0.2) is 15.6 Å². The lowest BCUT2D eigenvalue weighted by Crippen LogP contribution is -2.41. The first-order chi connectivity index (χ1) is 9.10. The zero-order valence-corrected chi connectivity index (χ0v) is 12.7. The second-order valence-corrected chi connectivity index (χ2v) is 6.68. The molecule has 0 bridgehead atoms. The maximum Gasteiger partial charge on any atom is 0.429 e. The van der Waals surface area contributed by atoms with Gasteiger partial charge < -0.3 is 4.74 Å². The Morgan fingerprint density at radius 3 is 2.55 bits per heavy atom. The number of allylic oxidation sites excluding steroid dienone is 1. The third-order valence-corrected chi connectivity index (χ3v) is 3.28. The average molecular weight is 274 g/mol. The Kier molecular flexibility index (Phi) is 3.38. The minimum Gasteiger partial charge on any atom is -0.442 e. The molecule has 1 aliphatic rings. The molecule has 0 unspecified atom stereocenters. The second kappa shape index (κ2) is 4.63. The van der Waals surface area contributed by atoms with E-state index in [1.54, 1.807) is 0 Å². The standard InChI is InChI=1S/C16H22N2O2/c1-15(2,3)20-14(19)18(17)12-6-7-13-11(10-12)8-9-16(13,4)5/h6-10H,17H2,1-5H3. The number of carbonyl (C=O) groups excluding carboxylic acids is 1. The van der Waals surface area contributed by atoms with E-state index < -0.39 is 11.7 Å². The smallest absolute Gasteiger partial charge is 0.429 e. The van der Waals surface area contributed by atoms with Crippen molar-refractivity contribution in [1.82, 2.24) is 0 Å². The van der Waals surface area contributed by atoms with Gasteiger partial charge >= 0.3 is 6.09 Å². The summed E-state index contributed by atoms with van der Waals surface area (Å²) < 4.78 is 5.26. The third-order valence-electron chi connectivity index (χ3n) is 3.28. The summed E-state index contributed by atoms with van der Waals surface area (Å²) in [5.41, 5.74) is 2.41. The van der Waals surface area contributed by atoms with E-state index in [0.717, 1.165) is 10.6 Å². The average Bonchev–Trinajstić information content (AvgIpc) is 2.62. The predicted molar refractivity (Wildman–Crippen MR) is 81.4 cm³/mol. The van der Waals surface area contributed by atoms with Crippen molar-refractivity contribution in [1.29, 1.82) is 0 Å². The highest BCUT2D eigenvalue weighted by molar-refractivity contribution is 5.87. The number of hydrazine groups is 1. The largest absolute Gasteiger partial charge is 0.442 e. The molecule has 0 spiro atoms. The summed E-state index contributed by atoms with van der Waals surface area (Å²) >= 11 is 0. The predicted octanol–water partition coefficient (Wildman–Crippen LogP) is 3.61. The third kappa shape index (κ3) is 2.85. The van der Waals surface area contributed by atoms with E-state index >= 15 is 0 Å². The monoisotopic (exact) mass is 274 g/mol. The topological polar surface area (TPSA) is 55.6 Å². The van der Waals surface area contributed by atoms with Crippen molar-refractivity contribution >= 4 is 17.9 Å². The number of hydrogen-bond donors (Lipinski definition) is 1. The maximum absolute atomic E-state index is 11.9. The van der Waals surface area contributed by atoms with Crippen LogP contribution in [-0.2, 0) is 10.2 Å². The summed E-state index contributed by atoms with van der Waals surface area (Å²) in [6, 6.07) is 5.76. The van der Waals surface area contributed by atoms with Gasteiger partial charge in [0.15, 0.2) is 0 Å². The molecule has 4 heteroatoms. The molecule has 0 saturated carbocycles. The van der Waals surface area contributed by atoms with Gasteiger partial charge in [0, 0.05) is 5.41 Å². The van der Waals surface area contributed by atoms with Crippen molar-refractivity contribution < 1.29 is 9.53 Å². The van der Waals surface area contributed by atoms with Crippen LogP contribution in [0.2, 0.25) is 0 Å². The van der Waals surface area contributed by atoms with Crippen molar-refractivity contribution in [2.75, 3.05) is 5.01 Å². The number of hydrogen-bond acceptors (Lipinski definition) is 3. The van der Waals surface area contributed by atoms with Gasteiger partial charge in [-0.2, -0.15) is 0 Å². The van der Waals surface area contributed by atoms with Gasteiger partial charge in [0.05, 0.1) is 5.69 Å². The molecule has 0 aliphatic heterocycles. The summed E-state index contributed by atoms with van der Waals surface area (Å²) in [5, 5.41) is 1.05. The fraction of sp³-hybridized carbons (Fsp3) is 0.438. The zero-order valence-electron chi connectivity index (χ0n) is 12.7. The molecule has 1 aliphatic carbocycles. The number of anilines is 1. The number of ether oxygens (including phenoxy) is 1. The van der Waals surface area contributed by atoms with E-state index in [1.165, 1.54) is 5.56 Å². The molecular formula is C16H22N2O2. The summed E-state index contributed by atoms with van der Waals surface area (Å²) in [6.07, 6.45) is 3.65. The maximum atomic E-state index is 11.9. The lowest BCUT2D eigenvalue weighted by molar-refractivity contribution is 0.0580. The summed E-state index contributed by atoms with van der Waals surface area (Å²) in [4.78, 5) is 11.9. The van der Waals surface area contributed by atoms with Crippen molar-refractivity contribution in [3.8, 4) is 0 Å². The van der Waals surface area contributed by atoms with Crippen molar-refractivity contribution in [2.24, 2.45) is 5.84 Å². The first-order valence-electron chi connectivity index (χ1n) is 6.72. The molecule has 0 heterocycles. The normalized spacial score (nSPS) is 15.9. The molecule has 0 fully saturated rings. The molecule has 4 nitrogen and oxygen atoms in total. The van der Waals surface area contributed by atoms with Gasteiger partial charge in [-0.3, -0.25) is 0 Å². The Balaban J connectivity index is 2.23. The summed E-state index contributed by atoms with van der Waals surface area (Å²) in [5.74, 6) is 5.84. The van der Waals surface area contributed by atoms with Gasteiger partial charge in [0.2, 0.25) is 0 Å². The van der Waals surface area contributed by atoms with Crippen LogP contribution in [0, 0.1) is 0 Å². The number of nitrogens with zero attached hydrogens (tertiary/aromatic N) is 1. The van der Waals surface area contributed by atoms with E-state index in [9.17, 15) is 4.79 Å². The number of benzene rings is 1. The van der Waals surface area contributed by atoms with Crippen LogP contribution in [0.25, 0.3) is 6.08 Å². The Labute approximate surface area is 120 Å². The van der Waals surface area contributed by atoms with E-state index in [2.05, 4.69) is 26.0 Å². The molecule has 0 saturated heterocycles. The molecule has 1 amide bonds. The molecule has 20 heavy (non-hydrogen) atoms. The van der Waals surface area contributed by atoms with Gasteiger partial charge in [-0.05, 0) is 44.0 Å². The molecule has 1 aromatic carbocycles. The fourth-order valence-electron chi connectivity index (χ4n) is 2.23. The quantitative estimate of drug-likeness (QED) is 0.483. The number of amides is 1. The van der Waals surface area contributed by atoms with Gasteiger partial charge in [0.1, 0.15) is 5.60 Å². The summed E-state index contributed by atoms with van der Waals surface area (Å²) in [6.45, 7) is 9.75. The lowest BCUT2D eigenvalue weighted by Gasteiger charge is -2.25. The molecule has 108 valence electrons. The molecule has 1 aromatic rings. The van der Waals surface area contributed by atoms with E-state index in [0.29, 0.717) is 5.69 Å². The molecule has 2 rings (SSSR count). The van der Waals surface area contributed by atoms with Crippen LogP contribution in [0.4, 0.5) is 10.5 Å². The Morgan fingerprint density at radius 1 is 1.30 bits per heavy atom.